The van der Waals surface area contributed by atoms with Gasteiger partial charge in [-0.05, 0) is 49.1 Å². The van der Waals surface area contributed by atoms with Crippen molar-refractivity contribution in [2.24, 2.45) is 0 Å². The normalized spacial score (nSPS) is 14.3. The molecule has 6 heteroatoms. The summed E-state index contributed by atoms with van der Waals surface area (Å²) < 4.78 is 11.5. The number of carbonyl (C=O) groups is 1. The Hall–Kier alpha value is -3.15. The number of anilines is 1. The number of ether oxygens (including phenoxy) is 2. The Morgan fingerprint density at radius 2 is 1.94 bits per heavy atom. The lowest BCUT2D eigenvalue weighted by Crippen LogP contribution is -2.49. The van der Waals surface area contributed by atoms with Gasteiger partial charge in [-0.15, -0.1) is 0 Å². The highest BCUT2D eigenvalue weighted by Crippen LogP contribution is 2.34. The highest BCUT2D eigenvalue weighted by Gasteiger charge is 2.28. The van der Waals surface area contributed by atoms with E-state index in [0.29, 0.717) is 31.2 Å². The van der Waals surface area contributed by atoms with Gasteiger partial charge in [-0.25, -0.2) is 4.79 Å². The van der Waals surface area contributed by atoms with E-state index >= 15 is 0 Å². The maximum atomic E-state index is 13.4. The molecule has 1 N–H and O–H groups in total. The molecule has 1 saturated heterocycles. The van der Waals surface area contributed by atoms with Gasteiger partial charge in [-0.2, -0.15) is 0 Å². The van der Waals surface area contributed by atoms with Gasteiger partial charge in [0, 0.05) is 48.5 Å². The monoisotopic (exact) mass is 435 g/mol. The summed E-state index contributed by atoms with van der Waals surface area (Å²) in [6.07, 6.45) is 6.17. The number of rotatable bonds is 9. The number of hydrogen-bond acceptors (Lipinski definition) is 3. The van der Waals surface area contributed by atoms with Crippen molar-refractivity contribution in [2.45, 2.75) is 46.1 Å². The van der Waals surface area contributed by atoms with Crippen LogP contribution in [-0.2, 0) is 6.54 Å². The van der Waals surface area contributed by atoms with Gasteiger partial charge in [-0.3, -0.25) is 4.90 Å². The Kier molecular flexibility index (Phi) is 6.88. The minimum atomic E-state index is 0.0302. The Morgan fingerprint density at radius 1 is 1.06 bits per heavy atom. The number of aromatic nitrogens is 1. The fourth-order valence-corrected chi connectivity index (χ4v) is 4.35. The molecule has 1 aliphatic heterocycles. The smallest absolute Gasteiger partial charge is 0.324 e. The first-order valence-corrected chi connectivity index (χ1v) is 11.5. The van der Waals surface area contributed by atoms with E-state index in [2.05, 4.69) is 37.0 Å². The van der Waals surface area contributed by atoms with E-state index in [1.807, 2.05) is 34.2 Å². The lowest BCUT2D eigenvalue weighted by atomic mass is 10.1. The van der Waals surface area contributed by atoms with Crippen molar-refractivity contribution in [3.8, 4) is 11.5 Å². The quantitative estimate of drug-likeness (QED) is 0.427. The first-order valence-electron chi connectivity index (χ1n) is 11.5. The summed E-state index contributed by atoms with van der Waals surface area (Å²) in [5, 5.41) is 1.18. The molecular weight excluding hydrogens is 402 g/mol. The fraction of sp³-hybridized carbons (Fsp3) is 0.423. The SMILES string of the molecule is CCCCCOc1cc(N2CCCN(Cc3ccc(C)c4[nH]ccc34)C2=O)ccc1OC. The highest BCUT2D eigenvalue weighted by atomic mass is 16.5. The Morgan fingerprint density at radius 3 is 2.75 bits per heavy atom. The molecule has 0 radical (unpaired) electrons. The van der Waals surface area contributed by atoms with Crippen LogP contribution < -0.4 is 14.4 Å². The average Bonchev–Trinajstić information content (AvgIpc) is 3.31. The van der Waals surface area contributed by atoms with Crippen molar-refractivity contribution in [1.29, 1.82) is 0 Å². The van der Waals surface area contributed by atoms with Crippen molar-refractivity contribution >= 4 is 22.6 Å². The molecule has 3 aromatic rings. The number of benzene rings is 2. The van der Waals surface area contributed by atoms with Crippen LogP contribution >= 0.6 is 0 Å². The van der Waals surface area contributed by atoms with Gasteiger partial charge >= 0.3 is 6.03 Å². The molecule has 1 aliphatic rings. The maximum absolute atomic E-state index is 13.4. The van der Waals surface area contributed by atoms with Gasteiger partial charge in [0.15, 0.2) is 11.5 Å². The molecule has 0 aliphatic carbocycles. The second-order valence-electron chi connectivity index (χ2n) is 8.41. The van der Waals surface area contributed by atoms with Crippen LogP contribution in [0.2, 0.25) is 0 Å². The molecule has 0 saturated carbocycles. The first kappa shape index (κ1) is 22.1. The number of amides is 2. The number of nitrogens with one attached hydrogen (secondary N) is 1. The van der Waals surface area contributed by atoms with E-state index in [9.17, 15) is 4.79 Å². The molecule has 170 valence electrons. The molecule has 0 unspecified atom stereocenters. The second-order valence-corrected chi connectivity index (χ2v) is 8.41. The summed E-state index contributed by atoms with van der Waals surface area (Å²) in [7, 11) is 1.64. The predicted molar refractivity (Wildman–Crippen MR) is 129 cm³/mol. The molecule has 6 nitrogen and oxygen atoms in total. The van der Waals surface area contributed by atoms with Crippen LogP contribution in [0.5, 0.6) is 11.5 Å². The zero-order valence-electron chi connectivity index (χ0n) is 19.3. The molecule has 2 amide bonds. The topological polar surface area (TPSA) is 57.8 Å². The molecule has 0 atom stereocenters. The minimum absolute atomic E-state index is 0.0302. The summed E-state index contributed by atoms with van der Waals surface area (Å²) in [5.74, 6) is 1.39. The number of aromatic amines is 1. The minimum Gasteiger partial charge on any atom is -0.493 e. The third-order valence-electron chi connectivity index (χ3n) is 6.16. The van der Waals surface area contributed by atoms with Gasteiger partial charge in [0.2, 0.25) is 0 Å². The summed E-state index contributed by atoms with van der Waals surface area (Å²) in [6, 6.07) is 12.1. The van der Waals surface area contributed by atoms with E-state index < -0.39 is 0 Å². The zero-order valence-corrected chi connectivity index (χ0v) is 19.3. The third-order valence-corrected chi connectivity index (χ3v) is 6.16. The molecule has 32 heavy (non-hydrogen) atoms. The van der Waals surface area contributed by atoms with Gasteiger partial charge in [0.05, 0.1) is 13.7 Å². The molecule has 1 fully saturated rings. The highest BCUT2D eigenvalue weighted by molar-refractivity contribution is 5.93. The standard InChI is InChI=1S/C26H33N3O3/c1-4-5-6-16-32-24-17-21(10-11-23(24)31-3)29-15-7-14-28(26(29)30)18-20-9-8-19(2)25-22(20)12-13-27-25/h8-13,17,27H,4-7,14-16,18H2,1-3H3. The van der Waals surface area contributed by atoms with Gasteiger partial charge in [0.25, 0.3) is 0 Å². The van der Waals surface area contributed by atoms with Crippen LogP contribution in [0.25, 0.3) is 10.9 Å². The van der Waals surface area contributed by atoms with Crippen molar-refractivity contribution in [3.63, 3.8) is 0 Å². The number of unbranched alkanes of at least 4 members (excludes halogenated alkanes) is 2. The molecule has 1 aromatic heterocycles. The first-order chi connectivity index (χ1) is 15.6. The van der Waals surface area contributed by atoms with Crippen molar-refractivity contribution in [3.05, 3.63) is 53.7 Å². The summed E-state index contributed by atoms with van der Waals surface area (Å²) in [5.41, 5.74) is 4.37. The number of aryl methyl sites for hydroxylation is 1. The van der Waals surface area contributed by atoms with Gasteiger partial charge < -0.3 is 19.4 Å². The number of carbonyl (C=O) groups excluding carboxylic acids is 1. The second kappa shape index (κ2) is 9.98. The van der Waals surface area contributed by atoms with Crippen molar-refractivity contribution in [1.82, 2.24) is 9.88 Å². The fourth-order valence-electron chi connectivity index (χ4n) is 4.35. The molecular formula is C26H33N3O3. The van der Waals surface area contributed by atoms with E-state index in [1.54, 1.807) is 7.11 Å². The number of methoxy groups -OCH3 is 1. The molecule has 0 bridgehead atoms. The zero-order chi connectivity index (χ0) is 22.5. The summed E-state index contributed by atoms with van der Waals surface area (Å²) >= 11 is 0. The molecule has 2 heterocycles. The lowest BCUT2D eigenvalue weighted by molar-refractivity contribution is 0.192. The predicted octanol–water partition coefficient (Wildman–Crippen LogP) is 5.89. The van der Waals surface area contributed by atoms with E-state index in [4.69, 9.17) is 9.47 Å². The molecule has 2 aromatic carbocycles. The summed E-state index contributed by atoms with van der Waals surface area (Å²) in [6.45, 7) is 6.97. The van der Waals surface area contributed by atoms with E-state index in [0.717, 1.165) is 49.0 Å². The Balaban J connectivity index is 1.52. The average molecular weight is 436 g/mol. The van der Waals surface area contributed by atoms with Gasteiger partial charge in [0.1, 0.15) is 0 Å². The van der Waals surface area contributed by atoms with E-state index in [1.165, 1.54) is 10.9 Å². The largest absolute Gasteiger partial charge is 0.493 e. The van der Waals surface area contributed by atoms with Crippen LogP contribution in [0.15, 0.2) is 42.6 Å². The maximum Gasteiger partial charge on any atom is 0.324 e. The number of H-pyrrole nitrogens is 1. The van der Waals surface area contributed by atoms with Crippen LogP contribution in [0.4, 0.5) is 10.5 Å². The Labute approximate surface area is 190 Å². The Bertz CT molecular complexity index is 1080. The van der Waals surface area contributed by atoms with Crippen LogP contribution in [0, 0.1) is 6.92 Å². The van der Waals surface area contributed by atoms with Gasteiger partial charge in [-0.1, -0.05) is 31.9 Å². The third kappa shape index (κ3) is 4.54. The lowest BCUT2D eigenvalue weighted by Gasteiger charge is -2.36. The van der Waals surface area contributed by atoms with Crippen LogP contribution in [0.3, 0.4) is 0 Å². The summed E-state index contributed by atoms with van der Waals surface area (Å²) in [4.78, 5) is 20.5. The number of fused-ring (bicyclic) bond motifs is 1. The molecule has 0 spiro atoms. The van der Waals surface area contributed by atoms with E-state index in [-0.39, 0.29) is 6.03 Å². The van der Waals surface area contributed by atoms with Crippen LogP contribution in [0.1, 0.15) is 43.7 Å². The molecule has 4 rings (SSSR count). The number of nitrogens with zero attached hydrogens (tertiary/aromatic N) is 2. The van der Waals surface area contributed by atoms with Crippen molar-refractivity contribution in [2.75, 3.05) is 31.7 Å². The van der Waals surface area contributed by atoms with Crippen molar-refractivity contribution < 1.29 is 14.3 Å². The number of hydrogen-bond donors (Lipinski definition) is 1. The number of urea groups is 1. The van der Waals surface area contributed by atoms with Crippen LogP contribution in [-0.4, -0.2) is 42.7 Å².